The van der Waals surface area contributed by atoms with E-state index >= 15 is 0 Å². The van der Waals surface area contributed by atoms with E-state index in [1.807, 2.05) is 48.7 Å². The lowest BCUT2D eigenvalue weighted by atomic mass is 10.1. The molecule has 0 aliphatic rings. The number of rotatable bonds is 6. The first-order valence-electron chi connectivity index (χ1n) is 9.03. The maximum atomic E-state index is 11.9. The third-order valence-corrected chi connectivity index (χ3v) is 5.68. The predicted octanol–water partition coefficient (Wildman–Crippen LogP) is 4.32. The van der Waals surface area contributed by atoms with E-state index < -0.39 is 5.91 Å². The summed E-state index contributed by atoms with van der Waals surface area (Å²) in [6, 6.07) is 16.0. The minimum Gasteiger partial charge on any atom is -0.366 e. The van der Waals surface area contributed by atoms with Gasteiger partial charge < -0.3 is 10.3 Å². The van der Waals surface area contributed by atoms with Gasteiger partial charge in [-0.2, -0.15) is 0 Å². The molecule has 0 saturated carbocycles. The second-order valence-corrected chi connectivity index (χ2v) is 7.41. The summed E-state index contributed by atoms with van der Waals surface area (Å²) in [5.41, 5.74) is 11.1. The van der Waals surface area contributed by atoms with Crippen molar-refractivity contribution in [2.24, 2.45) is 5.73 Å². The minimum absolute atomic E-state index is 0.415. The molecule has 0 radical (unpaired) electrons. The fraction of sp³-hybridized carbons (Fsp3) is 0.136. The van der Waals surface area contributed by atoms with E-state index in [2.05, 4.69) is 21.7 Å². The van der Waals surface area contributed by atoms with Crippen LogP contribution in [0.25, 0.3) is 22.0 Å². The number of hydrogen-bond acceptors (Lipinski definition) is 4. The third-order valence-electron chi connectivity index (χ3n) is 4.79. The molecule has 140 valence electrons. The van der Waals surface area contributed by atoms with E-state index in [9.17, 15) is 4.79 Å². The first-order valence-corrected chi connectivity index (χ1v) is 9.91. The number of benzene rings is 1. The molecule has 4 aromatic rings. The second-order valence-electron chi connectivity index (χ2n) is 6.55. The highest BCUT2D eigenvalue weighted by Crippen LogP contribution is 2.31. The summed E-state index contributed by atoms with van der Waals surface area (Å²) in [5.74, 6) is -0.415. The van der Waals surface area contributed by atoms with Crippen LogP contribution in [0.1, 0.15) is 21.6 Å². The van der Waals surface area contributed by atoms with Crippen LogP contribution in [-0.4, -0.2) is 20.4 Å². The second kappa shape index (κ2) is 7.78. The van der Waals surface area contributed by atoms with Crippen LogP contribution in [-0.2, 0) is 13.0 Å². The molecule has 6 heteroatoms. The summed E-state index contributed by atoms with van der Waals surface area (Å²) in [5, 5.41) is 2.94. The van der Waals surface area contributed by atoms with E-state index in [1.165, 1.54) is 5.56 Å². The van der Waals surface area contributed by atoms with Crippen LogP contribution in [0.4, 0.5) is 0 Å². The first kappa shape index (κ1) is 18.1. The largest absolute Gasteiger partial charge is 0.366 e. The van der Waals surface area contributed by atoms with Gasteiger partial charge in [-0.05, 0) is 37.1 Å². The van der Waals surface area contributed by atoms with Crippen molar-refractivity contribution in [3.05, 3.63) is 83.1 Å². The summed E-state index contributed by atoms with van der Waals surface area (Å²) in [6.45, 7) is 2.69. The molecule has 0 saturated heterocycles. The van der Waals surface area contributed by atoms with Crippen LogP contribution < -0.4 is 5.73 Å². The summed E-state index contributed by atoms with van der Waals surface area (Å²) < 4.78 is 2.14. The van der Waals surface area contributed by atoms with Crippen LogP contribution in [0, 0.1) is 6.92 Å². The number of carbonyl (C=O) groups is 1. The van der Waals surface area contributed by atoms with Crippen LogP contribution in [0.15, 0.2) is 66.3 Å². The Balaban J connectivity index is 1.71. The number of nitrogens with zero attached hydrogens (tertiary/aromatic N) is 3. The minimum atomic E-state index is -0.415. The first-order chi connectivity index (χ1) is 13.6. The molecule has 3 aromatic heterocycles. The Morgan fingerprint density at radius 2 is 1.89 bits per heavy atom. The lowest BCUT2D eigenvalue weighted by Gasteiger charge is -2.11. The van der Waals surface area contributed by atoms with Crippen LogP contribution in [0.2, 0.25) is 0 Å². The molecule has 0 unspecified atom stereocenters. The molecule has 2 N–H and O–H groups in total. The van der Waals surface area contributed by atoms with Crippen molar-refractivity contribution in [1.29, 1.82) is 0 Å². The Hall–Kier alpha value is -3.25. The molecule has 0 aliphatic heterocycles. The van der Waals surface area contributed by atoms with Gasteiger partial charge in [0.25, 0.3) is 5.91 Å². The number of carbonyl (C=O) groups excluding carboxylic acids is 1. The number of amides is 1. The zero-order valence-corrected chi connectivity index (χ0v) is 16.3. The summed E-state index contributed by atoms with van der Waals surface area (Å²) in [4.78, 5) is 20.8. The summed E-state index contributed by atoms with van der Waals surface area (Å²) >= 11 is 1.58. The lowest BCUT2D eigenvalue weighted by Crippen LogP contribution is -2.13. The van der Waals surface area contributed by atoms with Crippen LogP contribution >= 0.6 is 11.3 Å². The van der Waals surface area contributed by atoms with Crippen molar-refractivity contribution in [2.45, 2.75) is 19.9 Å². The van der Waals surface area contributed by atoms with Gasteiger partial charge in [0.1, 0.15) is 5.01 Å². The van der Waals surface area contributed by atoms with E-state index in [1.54, 1.807) is 23.7 Å². The number of pyridine rings is 1. The lowest BCUT2D eigenvalue weighted by molar-refractivity contribution is 0.0999. The normalized spacial score (nSPS) is 10.9. The van der Waals surface area contributed by atoms with Gasteiger partial charge in [-0.1, -0.05) is 30.3 Å². The van der Waals surface area contributed by atoms with E-state index in [4.69, 9.17) is 10.7 Å². The van der Waals surface area contributed by atoms with Crippen molar-refractivity contribution in [2.75, 3.05) is 0 Å². The number of hydrogen-bond donors (Lipinski definition) is 1. The van der Waals surface area contributed by atoms with Crippen molar-refractivity contribution >= 4 is 17.2 Å². The molecule has 0 atom stereocenters. The van der Waals surface area contributed by atoms with Crippen molar-refractivity contribution < 1.29 is 4.79 Å². The molecule has 5 nitrogen and oxygen atoms in total. The van der Waals surface area contributed by atoms with Crippen LogP contribution in [0.5, 0.6) is 0 Å². The molecular weight excluding hydrogens is 368 g/mol. The van der Waals surface area contributed by atoms with Crippen LogP contribution in [0.3, 0.4) is 0 Å². The molecule has 28 heavy (non-hydrogen) atoms. The fourth-order valence-electron chi connectivity index (χ4n) is 3.30. The maximum Gasteiger partial charge on any atom is 0.250 e. The number of nitrogens with two attached hydrogens (primary N) is 1. The number of aryl methyl sites for hydroxylation is 1. The molecule has 0 fully saturated rings. The number of primary amides is 1. The van der Waals surface area contributed by atoms with Gasteiger partial charge in [-0.25, -0.2) is 4.98 Å². The fourth-order valence-corrected chi connectivity index (χ4v) is 4.12. The van der Waals surface area contributed by atoms with Gasteiger partial charge in [-0.3, -0.25) is 9.78 Å². The highest BCUT2D eigenvalue weighted by Gasteiger charge is 2.19. The highest BCUT2D eigenvalue weighted by atomic mass is 32.1. The van der Waals surface area contributed by atoms with E-state index in [0.29, 0.717) is 5.56 Å². The maximum absolute atomic E-state index is 11.9. The van der Waals surface area contributed by atoms with Gasteiger partial charge in [0.05, 0.1) is 17.0 Å². The molecule has 0 bridgehead atoms. The zero-order valence-electron chi connectivity index (χ0n) is 15.5. The standard InChI is InChI=1S/C22H20N4OS/c1-15-18(21(23)27)13-20(26(15)12-9-16-5-3-2-4-6-16)19-14-28-22(25-19)17-7-10-24-11-8-17/h2-8,10-11,13-14H,9,12H2,1H3,(H2,23,27). The average molecular weight is 388 g/mol. The molecule has 0 spiro atoms. The van der Waals surface area contributed by atoms with E-state index in [0.717, 1.165) is 40.6 Å². The molecule has 0 aliphatic carbocycles. The zero-order chi connectivity index (χ0) is 19.5. The topological polar surface area (TPSA) is 73.8 Å². The quantitative estimate of drug-likeness (QED) is 0.534. The van der Waals surface area contributed by atoms with Gasteiger partial charge in [0, 0.05) is 35.6 Å². The highest BCUT2D eigenvalue weighted by molar-refractivity contribution is 7.13. The SMILES string of the molecule is Cc1c(C(N)=O)cc(-c2csc(-c3ccncc3)n2)n1CCc1ccccc1. The van der Waals surface area contributed by atoms with Gasteiger partial charge in [0.15, 0.2) is 0 Å². The number of thiazole rings is 1. The van der Waals surface area contributed by atoms with Crippen molar-refractivity contribution in [1.82, 2.24) is 14.5 Å². The smallest absolute Gasteiger partial charge is 0.250 e. The third kappa shape index (κ3) is 3.59. The Morgan fingerprint density at radius 3 is 2.61 bits per heavy atom. The Labute approximate surface area is 167 Å². The van der Waals surface area contributed by atoms with Gasteiger partial charge in [0.2, 0.25) is 0 Å². The molecule has 1 amide bonds. The average Bonchev–Trinajstić information content (AvgIpc) is 3.33. The van der Waals surface area contributed by atoms with Gasteiger partial charge in [-0.15, -0.1) is 11.3 Å². The summed E-state index contributed by atoms with van der Waals surface area (Å²) in [6.07, 6.45) is 4.38. The summed E-state index contributed by atoms with van der Waals surface area (Å²) in [7, 11) is 0. The Morgan fingerprint density at radius 1 is 1.14 bits per heavy atom. The number of aromatic nitrogens is 3. The molecule has 1 aromatic carbocycles. The van der Waals surface area contributed by atoms with E-state index in [-0.39, 0.29) is 0 Å². The predicted molar refractivity (Wildman–Crippen MR) is 112 cm³/mol. The van der Waals surface area contributed by atoms with Crippen molar-refractivity contribution in [3.63, 3.8) is 0 Å². The monoisotopic (exact) mass is 388 g/mol. The Kier molecular flexibility index (Phi) is 5.04. The molecular formula is C22H20N4OS. The molecule has 4 rings (SSSR count). The van der Waals surface area contributed by atoms with Gasteiger partial charge >= 0.3 is 0 Å². The van der Waals surface area contributed by atoms with Crippen molar-refractivity contribution in [3.8, 4) is 22.0 Å². The molecule has 3 heterocycles. The Bertz CT molecular complexity index is 1100.